The van der Waals surface area contributed by atoms with Crippen molar-refractivity contribution in [1.29, 1.82) is 5.26 Å². The van der Waals surface area contributed by atoms with Crippen molar-refractivity contribution >= 4 is 5.96 Å². The lowest BCUT2D eigenvalue weighted by molar-refractivity contribution is 0.410. The van der Waals surface area contributed by atoms with Crippen LogP contribution < -0.4 is 10.6 Å². The minimum absolute atomic E-state index is 0.311. The summed E-state index contributed by atoms with van der Waals surface area (Å²) < 4.78 is 13.7. The van der Waals surface area contributed by atoms with E-state index in [0.29, 0.717) is 29.7 Å². The first kappa shape index (κ1) is 15.3. The number of rotatable bonds is 3. The molecular weight excluding hydrogens is 267 g/mol. The SMILES string of the molecule is CN=C(NCc1cc(C#N)ccc1F)NC1CCCCC1. The van der Waals surface area contributed by atoms with Gasteiger partial charge in [-0.25, -0.2) is 4.39 Å². The number of hydrogen-bond acceptors (Lipinski definition) is 2. The number of nitriles is 1. The van der Waals surface area contributed by atoms with E-state index in [9.17, 15) is 4.39 Å². The summed E-state index contributed by atoms with van der Waals surface area (Å²) in [5, 5.41) is 15.4. The third-order valence-electron chi connectivity index (χ3n) is 3.79. The van der Waals surface area contributed by atoms with Gasteiger partial charge < -0.3 is 10.6 Å². The fourth-order valence-corrected chi connectivity index (χ4v) is 2.59. The lowest BCUT2D eigenvalue weighted by atomic mass is 9.96. The lowest BCUT2D eigenvalue weighted by Gasteiger charge is -2.24. The molecule has 2 N–H and O–H groups in total. The van der Waals surface area contributed by atoms with Crippen molar-refractivity contribution in [3.63, 3.8) is 0 Å². The maximum atomic E-state index is 13.7. The summed E-state index contributed by atoms with van der Waals surface area (Å²) in [6.07, 6.45) is 6.09. The van der Waals surface area contributed by atoms with Crippen molar-refractivity contribution in [3.8, 4) is 6.07 Å². The van der Waals surface area contributed by atoms with Crippen molar-refractivity contribution in [2.45, 2.75) is 44.7 Å². The zero-order chi connectivity index (χ0) is 15.1. The van der Waals surface area contributed by atoms with Crippen LogP contribution in [0.3, 0.4) is 0 Å². The van der Waals surface area contributed by atoms with E-state index in [0.717, 1.165) is 12.8 Å². The Hall–Kier alpha value is -2.09. The second-order valence-electron chi connectivity index (χ2n) is 5.32. The molecule has 0 amide bonds. The van der Waals surface area contributed by atoms with Crippen LogP contribution in [0.25, 0.3) is 0 Å². The van der Waals surface area contributed by atoms with Gasteiger partial charge in [0.25, 0.3) is 0 Å². The van der Waals surface area contributed by atoms with Gasteiger partial charge in [0.2, 0.25) is 0 Å². The second-order valence-corrected chi connectivity index (χ2v) is 5.32. The summed E-state index contributed by atoms with van der Waals surface area (Å²) in [6.45, 7) is 0.313. The van der Waals surface area contributed by atoms with Crippen LogP contribution in [0.2, 0.25) is 0 Å². The molecule has 1 saturated carbocycles. The number of nitrogens with one attached hydrogen (secondary N) is 2. The van der Waals surface area contributed by atoms with Crippen LogP contribution in [0, 0.1) is 17.1 Å². The Morgan fingerprint density at radius 1 is 1.38 bits per heavy atom. The number of hydrogen-bond donors (Lipinski definition) is 2. The fourth-order valence-electron chi connectivity index (χ4n) is 2.59. The van der Waals surface area contributed by atoms with Gasteiger partial charge >= 0.3 is 0 Å². The van der Waals surface area contributed by atoms with Crippen LogP contribution >= 0.6 is 0 Å². The van der Waals surface area contributed by atoms with Crippen LogP contribution in [-0.2, 0) is 6.54 Å². The van der Waals surface area contributed by atoms with Gasteiger partial charge in [0, 0.05) is 25.2 Å². The molecule has 0 atom stereocenters. The zero-order valence-electron chi connectivity index (χ0n) is 12.3. The minimum Gasteiger partial charge on any atom is -0.354 e. The van der Waals surface area contributed by atoms with Gasteiger partial charge in [-0.1, -0.05) is 19.3 Å². The standard InChI is InChI=1S/C16H21FN4/c1-19-16(21-14-5-3-2-4-6-14)20-11-13-9-12(10-18)7-8-15(13)17/h7-9,14H,2-6,11H2,1H3,(H2,19,20,21). The van der Waals surface area contributed by atoms with Crippen LogP contribution in [0.15, 0.2) is 23.2 Å². The summed E-state index contributed by atoms with van der Waals surface area (Å²) in [5.74, 6) is 0.373. The molecule has 1 fully saturated rings. The molecule has 0 aliphatic heterocycles. The average Bonchev–Trinajstić information content (AvgIpc) is 2.53. The number of guanidine groups is 1. The minimum atomic E-state index is -0.311. The molecule has 1 aromatic rings. The van der Waals surface area contributed by atoms with Gasteiger partial charge in [0.1, 0.15) is 5.82 Å². The van der Waals surface area contributed by atoms with Gasteiger partial charge in [-0.05, 0) is 31.0 Å². The summed E-state index contributed by atoms with van der Waals surface area (Å²) in [6, 6.07) is 6.84. The van der Waals surface area contributed by atoms with Crippen LogP contribution in [0.5, 0.6) is 0 Å². The molecule has 1 aliphatic rings. The summed E-state index contributed by atoms with van der Waals surface area (Å²) in [4.78, 5) is 4.18. The van der Waals surface area contributed by atoms with Gasteiger partial charge in [0.15, 0.2) is 5.96 Å². The molecule has 2 rings (SSSR count). The third-order valence-corrected chi connectivity index (χ3v) is 3.79. The Balaban J connectivity index is 1.92. The zero-order valence-corrected chi connectivity index (χ0v) is 12.3. The van der Waals surface area contributed by atoms with Crippen molar-refractivity contribution in [1.82, 2.24) is 10.6 Å². The van der Waals surface area contributed by atoms with E-state index in [1.54, 1.807) is 13.1 Å². The van der Waals surface area contributed by atoms with Gasteiger partial charge in [-0.2, -0.15) is 5.26 Å². The number of halogens is 1. The molecule has 4 nitrogen and oxygen atoms in total. The fraction of sp³-hybridized carbons (Fsp3) is 0.500. The van der Waals surface area contributed by atoms with Crippen molar-refractivity contribution in [2.75, 3.05) is 7.05 Å². The maximum absolute atomic E-state index is 13.7. The van der Waals surface area contributed by atoms with Crippen LogP contribution in [0.4, 0.5) is 4.39 Å². The largest absolute Gasteiger partial charge is 0.354 e. The highest BCUT2D eigenvalue weighted by Crippen LogP contribution is 2.17. The smallest absolute Gasteiger partial charge is 0.191 e. The van der Waals surface area contributed by atoms with Crippen molar-refractivity contribution in [3.05, 3.63) is 35.1 Å². The Morgan fingerprint density at radius 3 is 2.81 bits per heavy atom. The molecule has 112 valence electrons. The number of benzene rings is 1. The highest BCUT2D eigenvalue weighted by molar-refractivity contribution is 5.79. The first-order valence-electron chi connectivity index (χ1n) is 7.38. The highest BCUT2D eigenvalue weighted by Gasteiger charge is 2.14. The maximum Gasteiger partial charge on any atom is 0.191 e. The van der Waals surface area contributed by atoms with E-state index >= 15 is 0 Å². The molecule has 5 heteroatoms. The summed E-state index contributed by atoms with van der Waals surface area (Å²) >= 11 is 0. The normalized spacial score (nSPS) is 16.3. The molecule has 0 aromatic heterocycles. The first-order valence-corrected chi connectivity index (χ1v) is 7.38. The summed E-state index contributed by atoms with van der Waals surface area (Å²) in [7, 11) is 1.71. The Bertz CT molecular complexity index is 542. The molecule has 21 heavy (non-hydrogen) atoms. The third kappa shape index (κ3) is 4.45. The van der Waals surface area contributed by atoms with Crippen molar-refractivity contribution < 1.29 is 4.39 Å². The Kier molecular flexibility index (Phi) is 5.56. The summed E-state index contributed by atoms with van der Waals surface area (Å²) in [5.41, 5.74) is 0.934. The molecule has 0 radical (unpaired) electrons. The van der Waals surface area contributed by atoms with E-state index in [-0.39, 0.29) is 5.82 Å². The van der Waals surface area contributed by atoms with Crippen LogP contribution in [0.1, 0.15) is 43.2 Å². The Labute approximate surface area is 125 Å². The van der Waals surface area contributed by atoms with Gasteiger partial charge in [-0.3, -0.25) is 4.99 Å². The van der Waals surface area contributed by atoms with E-state index in [4.69, 9.17) is 5.26 Å². The first-order chi connectivity index (χ1) is 10.2. The second kappa shape index (κ2) is 7.63. The predicted octanol–water partition coefficient (Wildman–Crippen LogP) is 2.70. The molecule has 0 spiro atoms. The van der Waals surface area contributed by atoms with Gasteiger partial charge in [0.05, 0.1) is 11.6 Å². The van der Waals surface area contributed by atoms with E-state index in [2.05, 4.69) is 15.6 Å². The van der Waals surface area contributed by atoms with Crippen LogP contribution in [-0.4, -0.2) is 19.0 Å². The Morgan fingerprint density at radius 2 is 2.14 bits per heavy atom. The van der Waals surface area contributed by atoms with E-state index in [1.165, 1.54) is 31.4 Å². The predicted molar refractivity (Wildman–Crippen MR) is 81.3 cm³/mol. The molecule has 0 saturated heterocycles. The quantitative estimate of drug-likeness (QED) is 0.664. The molecule has 0 bridgehead atoms. The molecular formula is C16H21FN4. The topological polar surface area (TPSA) is 60.2 Å². The number of aliphatic imine (C=N–C) groups is 1. The van der Waals surface area contributed by atoms with Gasteiger partial charge in [-0.15, -0.1) is 0 Å². The van der Waals surface area contributed by atoms with Crippen molar-refractivity contribution in [2.24, 2.45) is 4.99 Å². The monoisotopic (exact) mass is 288 g/mol. The molecule has 0 heterocycles. The van der Waals surface area contributed by atoms with E-state index in [1.807, 2.05) is 6.07 Å². The molecule has 0 unspecified atom stereocenters. The number of nitrogens with zero attached hydrogens (tertiary/aromatic N) is 2. The average molecular weight is 288 g/mol. The molecule has 1 aromatic carbocycles. The lowest BCUT2D eigenvalue weighted by Crippen LogP contribution is -2.43. The highest BCUT2D eigenvalue weighted by atomic mass is 19.1. The van der Waals surface area contributed by atoms with E-state index < -0.39 is 0 Å². The molecule has 1 aliphatic carbocycles.